The number of hydrogen-bond donors (Lipinski definition) is 1. The molecule has 0 aliphatic rings. The second-order valence-corrected chi connectivity index (χ2v) is 5.58. The lowest BCUT2D eigenvalue weighted by Crippen LogP contribution is -2.09. The first-order chi connectivity index (χ1) is 8.95. The van der Waals surface area contributed by atoms with Crippen LogP contribution in [-0.2, 0) is 0 Å². The van der Waals surface area contributed by atoms with Gasteiger partial charge in [0.2, 0.25) is 0 Å². The number of rotatable bonds is 3. The van der Waals surface area contributed by atoms with Crippen molar-refractivity contribution in [3.05, 3.63) is 27.7 Å². The molecule has 1 heterocycles. The highest BCUT2D eigenvalue weighted by Crippen LogP contribution is 2.40. The molecule has 0 aliphatic heterocycles. The van der Waals surface area contributed by atoms with E-state index in [1.54, 1.807) is 7.11 Å². The van der Waals surface area contributed by atoms with E-state index in [1.807, 2.05) is 25.1 Å². The lowest BCUT2D eigenvalue weighted by atomic mass is 10.0. The maximum absolute atomic E-state index is 5.50. The normalized spacial score (nSPS) is 10.6. The number of hydrogen-bond acceptors (Lipinski definition) is 3. The molecule has 19 heavy (non-hydrogen) atoms. The van der Waals surface area contributed by atoms with Crippen LogP contribution in [0.5, 0.6) is 5.75 Å². The van der Waals surface area contributed by atoms with Crippen LogP contribution in [0, 0.1) is 13.8 Å². The van der Waals surface area contributed by atoms with Crippen LogP contribution in [0.1, 0.15) is 11.1 Å². The molecule has 2 aromatic rings. The Morgan fingerprint density at radius 2 is 1.95 bits per heavy atom. The molecule has 0 aliphatic carbocycles. The van der Waals surface area contributed by atoms with Crippen LogP contribution in [0.3, 0.4) is 0 Å². The lowest BCUT2D eigenvalue weighted by Gasteiger charge is -2.13. The largest absolute Gasteiger partial charge is 0.496 e. The number of halogens is 1. The average molecular weight is 324 g/mol. The molecule has 0 unspecified atom stereocenters. The Hall–Kier alpha value is -1.49. The van der Waals surface area contributed by atoms with E-state index in [4.69, 9.17) is 4.74 Å². The minimum absolute atomic E-state index is 0.854. The molecule has 2 rings (SSSR count). The minimum Gasteiger partial charge on any atom is -0.496 e. The van der Waals surface area contributed by atoms with Gasteiger partial charge >= 0.3 is 0 Å². The Kier molecular flexibility index (Phi) is 3.85. The Morgan fingerprint density at radius 1 is 1.26 bits per heavy atom. The molecule has 0 saturated carbocycles. The van der Waals surface area contributed by atoms with Crippen LogP contribution >= 0.6 is 15.9 Å². The van der Waals surface area contributed by atoms with Crippen molar-refractivity contribution in [2.75, 3.05) is 26.1 Å². The number of anilines is 1. The monoisotopic (exact) mass is 323 g/mol. The zero-order chi connectivity index (χ0) is 14.2. The van der Waals surface area contributed by atoms with Gasteiger partial charge in [0.25, 0.3) is 0 Å². The summed E-state index contributed by atoms with van der Waals surface area (Å²) in [5, 5.41) is 7.42. The maximum Gasteiger partial charge on any atom is 0.164 e. The second kappa shape index (κ2) is 5.25. The molecule has 1 N–H and O–H groups in total. The zero-order valence-corrected chi connectivity index (χ0v) is 13.4. The second-order valence-electron chi connectivity index (χ2n) is 4.79. The van der Waals surface area contributed by atoms with Crippen molar-refractivity contribution in [2.24, 2.45) is 0 Å². The predicted molar refractivity (Wildman–Crippen MR) is 82.1 cm³/mol. The molecule has 5 heteroatoms. The Labute approximate surface area is 121 Å². The first kappa shape index (κ1) is 13.9. The van der Waals surface area contributed by atoms with Crippen molar-refractivity contribution in [3.8, 4) is 17.0 Å². The summed E-state index contributed by atoms with van der Waals surface area (Å²) in [6, 6.07) is 4.17. The van der Waals surface area contributed by atoms with Gasteiger partial charge in [-0.05, 0) is 47.0 Å². The minimum atomic E-state index is 0.854. The van der Waals surface area contributed by atoms with E-state index in [0.717, 1.165) is 32.9 Å². The van der Waals surface area contributed by atoms with Crippen LogP contribution in [0.25, 0.3) is 11.3 Å². The SMILES string of the molecule is COc1cc(C)cc(C)c1-c1[nH]nc(N(C)C)c1Br. The summed E-state index contributed by atoms with van der Waals surface area (Å²) in [6.45, 7) is 4.14. The van der Waals surface area contributed by atoms with Crippen LogP contribution in [0.15, 0.2) is 16.6 Å². The molecule has 1 aromatic heterocycles. The first-order valence-corrected chi connectivity index (χ1v) is 6.81. The fourth-order valence-electron chi connectivity index (χ4n) is 2.19. The van der Waals surface area contributed by atoms with Gasteiger partial charge in [-0.15, -0.1) is 0 Å². The van der Waals surface area contributed by atoms with Crippen LogP contribution < -0.4 is 9.64 Å². The molecule has 4 nitrogen and oxygen atoms in total. The highest BCUT2D eigenvalue weighted by molar-refractivity contribution is 9.10. The molecule has 102 valence electrons. The zero-order valence-electron chi connectivity index (χ0n) is 11.8. The van der Waals surface area contributed by atoms with Crippen molar-refractivity contribution in [2.45, 2.75) is 13.8 Å². The predicted octanol–water partition coefficient (Wildman–Crippen LogP) is 3.53. The topological polar surface area (TPSA) is 41.1 Å². The van der Waals surface area contributed by atoms with E-state index in [1.165, 1.54) is 5.56 Å². The number of benzene rings is 1. The number of H-pyrrole nitrogens is 1. The summed E-state index contributed by atoms with van der Waals surface area (Å²) in [4.78, 5) is 1.96. The third-order valence-corrected chi connectivity index (χ3v) is 3.78. The van der Waals surface area contributed by atoms with Gasteiger partial charge in [0.1, 0.15) is 5.75 Å². The molecule has 0 amide bonds. The highest BCUT2D eigenvalue weighted by atomic mass is 79.9. The van der Waals surface area contributed by atoms with Gasteiger partial charge in [0.05, 0.1) is 17.3 Å². The van der Waals surface area contributed by atoms with Gasteiger partial charge in [-0.1, -0.05) is 6.07 Å². The summed E-state index contributed by atoms with van der Waals surface area (Å²) < 4.78 is 6.45. The number of ether oxygens (including phenoxy) is 1. The van der Waals surface area contributed by atoms with Crippen molar-refractivity contribution >= 4 is 21.7 Å². The number of nitrogens with one attached hydrogen (secondary N) is 1. The molecule has 0 fully saturated rings. The third-order valence-electron chi connectivity index (χ3n) is 3.03. The molecule has 0 bridgehead atoms. The van der Waals surface area contributed by atoms with Crippen molar-refractivity contribution < 1.29 is 4.74 Å². The summed E-state index contributed by atoms with van der Waals surface area (Å²) in [5.41, 5.74) is 4.33. The van der Waals surface area contributed by atoms with Gasteiger partial charge in [-0.3, -0.25) is 5.10 Å². The van der Waals surface area contributed by atoms with Gasteiger partial charge < -0.3 is 9.64 Å². The number of aromatic nitrogens is 2. The number of aryl methyl sites for hydroxylation is 2. The number of nitrogens with zero attached hydrogens (tertiary/aromatic N) is 2. The van der Waals surface area contributed by atoms with Crippen molar-refractivity contribution in [1.82, 2.24) is 10.2 Å². The number of aromatic amines is 1. The van der Waals surface area contributed by atoms with E-state index in [0.29, 0.717) is 0 Å². The summed E-state index contributed by atoms with van der Waals surface area (Å²) in [6.07, 6.45) is 0. The van der Waals surface area contributed by atoms with Crippen LogP contribution in [0.4, 0.5) is 5.82 Å². The Bertz CT molecular complexity index is 605. The molecule has 0 saturated heterocycles. The standard InChI is InChI=1S/C14H18BrN3O/c1-8-6-9(2)11(10(7-8)19-5)13-12(15)14(17-16-13)18(3)4/h6-7H,1-5H3,(H,16,17). The van der Waals surface area contributed by atoms with Gasteiger partial charge in [-0.25, -0.2) is 0 Å². The number of methoxy groups -OCH3 is 1. The Morgan fingerprint density at radius 3 is 2.47 bits per heavy atom. The highest BCUT2D eigenvalue weighted by Gasteiger charge is 2.19. The first-order valence-electron chi connectivity index (χ1n) is 6.02. The van der Waals surface area contributed by atoms with E-state index in [-0.39, 0.29) is 0 Å². The van der Waals surface area contributed by atoms with Gasteiger partial charge in [0, 0.05) is 19.7 Å². The van der Waals surface area contributed by atoms with Crippen LogP contribution in [-0.4, -0.2) is 31.4 Å². The van der Waals surface area contributed by atoms with Crippen molar-refractivity contribution in [1.29, 1.82) is 0 Å². The van der Waals surface area contributed by atoms with E-state index in [9.17, 15) is 0 Å². The fourth-order valence-corrected chi connectivity index (χ4v) is 2.92. The quantitative estimate of drug-likeness (QED) is 0.939. The van der Waals surface area contributed by atoms with Crippen molar-refractivity contribution in [3.63, 3.8) is 0 Å². The average Bonchev–Trinajstić information content (AvgIpc) is 2.70. The smallest absolute Gasteiger partial charge is 0.164 e. The third kappa shape index (κ3) is 2.47. The molecular weight excluding hydrogens is 306 g/mol. The molecule has 0 radical (unpaired) electrons. The summed E-state index contributed by atoms with van der Waals surface area (Å²) in [7, 11) is 5.61. The molecular formula is C14H18BrN3O. The summed E-state index contributed by atoms with van der Waals surface area (Å²) >= 11 is 3.61. The molecule has 1 aromatic carbocycles. The maximum atomic E-state index is 5.50. The van der Waals surface area contributed by atoms with Crippen LogP contribution in [0.2, 0.25) is 0 Å². The molecule has 0 atom stereocenters. The lowest BCUT2D eigenvalue weighted by molar-refractivity contribution is 0.415. The fraction of sp³-hybridized carbons (Fsp3) is 0.357. The molecule has 0 spiro atoms. The van der Waals surface area contributed by atoms with E-state index >= 15 is 0 Å². The van der Waals surface area contributed by atoms with E-state index < -0.39 is 0 Å². The Balaban J connectivity index is 2.65. The summed E-state index contributed by atoms with van der Waals surface area (Å²) in [5.74, 6) is 1.73. The van der Waals surface area contributed by atoms with Gasteiger partial charge in [-0.2, -0.15) is 5.10 Å². The van der Waals surface area contributed by atoms with E-state index in [2.05, 4.69) is 46.0 Å². The van der Waals surface area contributed by atoms with Gasteiger partial charge in [0.15, 0.2) is 5.82 Å².